The zero-order valence-corrected chi connectivity index (χ0v) is 20.4. The molecule has 0 spiro atoms. The minimum atomic E-state index is -0.100. The molecule has 0 radical (unpaired) electrons. The van der Waals surface area contributed by atoms with Gasteiger partial charge in [-0.05, 0) is 43.0 Å². The van der Waals surface area contributed by atoms with Crippen molar-refractivity contribution < 1.29 is 0 Å². The molecule has 2 aromatic heterocycles. The largest absolute Gasteiger partial charge is 0.298 e. The molecule has 6 heteroatoms. The van der Waals surface area contributed by atoms with E-state index >= 15 is 0 Å². The van der Waals surface area contributed by atoms with E-state index in [1.165, 1.54) is 16.0 Å². The van der Waals surface area contributed by atoms with Gasteiger partial charge in [-0.15, -0.1) is 11.3 Å². The lowest BCUT2D eigenvalue weighted by atomic mass is 10.0. The summed E-state index contributed by atoms with van der Waals surface area (Å²) in [7, 11) is 0. The lowest BCUT2D eigenvalue weighted by Crippen LogP contribution is -2.31. The molecule has 0 fully saturated rings. The van der Waals surface area contributed by atoms with Crippen LogP contribution in [0.5, 0.6) is 0 Å². The number of hydrogen-bond donors (Lipinski definition) is 0. The fourth-order valence-electron chi connectivity index (χ4n) is 4.31. The topological polar surface area (TPSA) is 38.1 Å². The maximum atomic E-state index is 13.2. The van der Waals surface area contributed by atoms with Gasteiger partial charge in [0, 0.05) is 36.0 Å². The third-order valence-electron chi connectivity index (χ3n) is 5.94. The summed E-state index contributed by atoms with van der Waals surface area (Å²) in [6.45, 7) is 8.92. The van der Waals surface area contributed by atoms with Gasteiger partial charge in [-0.2, -0.15) is 4.98 Å². The van der Waals surface area contributed by atoms with E-state index in [0.717, 1.165) is 64.9 Å². The minimum Gasteiger partial charge on any atom is -0.298 e. The van der Waals surface area contributed by atoms with Crippen LogP contribution in [-0.4, -0.2) is 33.3 Å². The molecule has 0 bridgehead atoms. The summed E-state index contributed by atoms with van der Waals surface area (Å²) < 4.78 is 2.17. The molecule has 33 heavy (non-hydrogen) atoms. The van der Waals surface area contributed by atoms with Crippen molar-refractivity contribution in [2.75, 3.05) is 18.8 Å². The Bertz CT molecular complexity index is 1340. The lowest BCUT2D eigenvalue weighted by molar-refractivity contribution is 0.261. The van der Waals surface area contributed by atoms with Crippen molar-refractivity contribution in [2.24, 2.45) is 0 Å². The predicted octanol–water partition coefficient (Wildman–Crippen LogP) is 5.72. The van der Waals surface area contributed by atoms with Crippen LogP contribution in [0.4, 0.5) is 0 Å². The number of aromatic nitrogens is 2. The molecule has 0 saturated heterocycles. The van der Waals surface area contributed by atoms with Gasteiger partial charge in [0.15, 0.2) is 5.16 Å². The lowest BCUT2D eigenvalue weighted by Gasteiger charge is -2.26. The van der Waals surface area contributed by atoms with Gasteiger partial charge in [-0.25, -0.2) is 0 Å². The molecule has 2 aromatic carbocycles. The van der Waals surface area contributed by atoms with Crippen LogP contribution in [-0.2, 0) is 19.4 Å². The van der Waals surface area contributed by atoms with Gasteiger partial charge in [-0.3, -0.25) is 14.3 Å². The summed E-state index contributed by atoms with van der Waals surface area (Å²) in [5.41, 5.74) is 4.57. The van der Waals surface area contributed by atoms with Crippen molar-refractivity contribution in [3.63, 3.8) is 0 Å². The van der Waals surface area contributed by atoms with Crippen LogP contribution >= 0.6 is 23.1 Å². The highest BCUT2D eigenvalue weighted by atomic mass is 32.2. The van der Waals surface area contributed by atoms with Crippen molar-refractivity contribution in [3.05, 3.63) is 99.2 Å². The van der Waals surface area contributed by atoms with Crippen LogP contribution in [0.15, 0.2) is 82.8 Å². The number of benzene rings is 2. The SMILES string of the molecule is C=C(C)CSc1nc(=O)c2c3c(sc2n1-c1ccccc1)CN(CCc1ccccc1)CC3. The zero-order valence-electron chi connectivity index (χ0n) is 18.8. The van der Waals surface area contributed by atoms with Crippen molar-refractivity contribution in [1.29, 1.82) is 0 Å². The number of rotatable bonds is 7. The van der Waals surface area contributed by atoms with Crippen LogP contribution in [0.3, 0.4) is 0 Å². The summed E-state index contributed by atoms with van der Waals surface area (Å²) in [6.07, 6.45) is 1.94. The number of thioether (sulfide) groups is 1. The summed E-state index contributed by atoms with van der Waals surface area (Å²) >= 11 is 3.33. The first kappa shape index (κ1) is 22.1. The van der Waals surface area contributed by atoms with E-state index in [1.807, 2.05) is 25.1 Å². The average Bonchev–Trinajstić information content (AvgIpc) is 3.21. The molecule has 0 atom stereocenters. The minimum absolute atomic E-state index is 0.100. The summed E-state index contributed by atoms with van der Waals surface area (Å²) in [4.78, 5) is 22.6. The molecule has 0 saturated carbocycles. The molecule has 0 aliphatic carbocycles. The normalized spacial score (nSPS) is 13.8. The van der Waals surface area contributed by atoms with Crippen LogP contribution in [0.2, 0.25) is 0 Å². The third-order valence-corrected chi connectivity index (χ3v) is 8.32. The standard InChI is InChI=1S/C27H27N3OS2/c1-19(2)18-32-27-28-25(31)24-22-14-16-29(15-13-20-9-5-3-6-10-20)17-23(22)33-26(24)30(27)21-11-7-4-8-12-21/h3-12H,1,13-18H2,2H3. The van der Waals surface area contributed by atoms with Crippen LogP contribution in [0.1, 0.15) is 22.9 Å². The van der Waals surface area contributed by atoms with Gasteiger partial charge in [0.1, 0.15) is 4.83 Å². The molecule has 5 rings (SSSR count). The number of fused-ring (bicyclic) bond motifs is 3. The van der Waals surface area contributed by atoms with E-state index in [0.29, 0.717) is 0 Å². The Morgan fingerprint density at radius 3 is 2.58 bits per heavy atom. The molecule has 1 aliphatic heterocycles. The second-order valence-corrected chi connectivity index (χ2v) is 10.6. The Morgan fingerprint density at radius 2 is 1.85 bits per heavy atom. The molecule has 4 aromatic rings. The summed E-state index contributed by atoms with van der Waals surface area (Å²) in [6, 6.07) is 20.9. The van der Waals surface area contributed by atoms with Gasteiger partial charge in [0.05, 0.1) is 5.39 Å². The zero-order chi connectivity index (χ0) is 22.8. The molecule has 3 heterocycles. The van der Waals surface area contributed by atoms with Gasteiger partial charge >= 0.3 is 0 Å². The Hall–Kier alpha value is -2.67. The van der Waals surface area contributed by atoms with E-state index in [4.69, 9.17) is 0 Å². The van der Waals surface area contributed by atoms with Crippen molar-refractivity contribution in [1.82, 2.24) is 14.5 Å². The quantitative estimate of drug-likeness (QED) is 0.196. The summed E-state index contributed by atoms with van der Waals surface area (Å²) in [5, 5.41) is 1.54. The van der Waals surface area contributed by atoms with E-state index in [-0.39, 0.29) is 5.56 Å². The molecular formula is C27H27N3OS2. The summed E-state index contributed by atoms with van der Waals surface area (Å²) in [5.74, 6) is 0.739. The smallest absolute Gasteiger partial charge is 0.282 e. The van der Waals surface area contributed by atoms with Crippen LogP contribution in [0.25, 0.3) is 15.9 Å². The molecule has 168 valence electrons. The number of nitrogens with zero attached hydrogens (tertiary/aromatic N) is 3. The highest BCUT2D eigenvalue weighted by Gasteiger charge is 2.26. The van der Waals surface area contributed by atoms with E-state index in [2.05, 4.69) is 63.5 Å². The second kappa shape index (κ2) is 9.67. The fraction of sp³-hybridized carbons (Fsp3) is 0.259. The Labute approximate surface area is 202 Å². The van der Waals surface area contributed by atoms with E-state index in [1.54, 1.807) is 23.1 Å². The van der Waals surface area contributed by atoms with Crippen molar-refractivity contribution in [3.8, 4) is 5.69 Å². The van der Waals surface area contributed by atoms with Crippen LogP contribution < -0.4 is 5.56 Å². The van der Waals surface area contributed by atoms with Gasteiger partial charge in [-0.1, -0.05) is 72.4 Å². The monoisotopic (exact) mass is 473 g/mol. The van der Waals surface area contributed by atoms with Crippen molar-refractivity contribution in [2.45, 2.75) is 31.5 Å². The molecule has 0 amide bonds. The second-order valence-electron chi connectivity index (χ2n) is 8.56. The average molecular weight is 474 g/mol. The molecule has 4 nitrogen and oxygen atoms in total. The fourth-order valence-corrected chi connectivity index (χ4v) is 6.62. The van der Waals surface area contributed by atoms with Gasteiger partial charge in [0.25, 0.3) is 5.56 Å². The first-order chi connectivity index (χ1) is 16.1. The molecule has 0 unspecified atom stereocenters. The predicted molar refractivity (Wildman–Crippen MR) is 140 cm³/mol. The molecular weight excluding hydrogens is 446 g/mol. The number of hydrogen-bond acceptors (Lipinski definition) is 5. The highest BCUT2D eigenvalue weighted by Crippen LogP contribution is 2.36. The van der Waals surface area contributed by atoms with Crippen LogP contribution in [0, 0.1) is 0 Å². The highest BCUT2D eigenvalue weighted by molar-refractivity contribution is 7.99. The first-order valence-corrected chi connectivity index (χ1v) is 13.1. The number of thiophene rings is 1. The maximum Gasteiger partial charge on any atom is 0.282 e. The Morgan fingerprint density at radius 1 is 1.12 bits per heavy atom. The van der Waals surface area contributed by atoms with E-state index in [9.17, 15) is 4.79 Å². The third kappa shape index (κ3) is 4.69. The van der Waals surface area contributed by atoms with E-state index < -0.39 is 0 Å². The molecule has 0 N–H and O–H groups in total. The first-order valence-electron chi connectivity index (χ1n) is 11.3. The Balaban J connectivity index is 1.52. The van der Waals surface area contributed by atoms with Gasteiger partial charge < -0.3 is 0 Å². The maximum absolute atomic E-state index is 13.2. The Kier molecular flexibility index (Phi) is 6.49. The van der Waals surface area contributed by atoms with Crippen molar-refractivity contribution >= 4 is 33.3 Å². The van der Waals surface area contributed by atoms with Gasteiger partial charge in [0.2, 0.25) is 0 Å². The number of para-hydroxylation sites is 1. The molecule has 1 aliphatic rings.